The van der Waals surface area contributed by atoms with E-state index in [1.54, 1.807) is 5.38 Å². The molecule has 1 aromatic rings. The van der Waals surface area contributed by atoms with E-state index in [4.69, 9.17) is 12.2 Å². The van der Waals surface area contributed by atoms with Crippen molar-refractivity contribution in [1.29, 1.82) is 0 Å². The molecule has 1 saturated carbocycles. The van der Waals surface area contributed by atoms with E-state index in [9.17, 15) is 10.2 Å². The first-order valence-corrected chi connectivity index (χ1v) is 6.04. The molecule has 0 spiro atoms. The Balaban J connectivity index is 2.20. The minimum atomic E-state index is -0.166. The van der Waals surface area contributed by atoms with Crippen molar-refractivity contribution in [3.05, 3.63) is 9.33 Å². The zero-order chi connectivity index (χ0) is 10.1. The minimum absolute atomic E-state index is 0.166. The van der Waals surface area contributed by atoms with Crippen LogP contribution in [0.2, 0.25) is 0 Å². The number of thiazole rings is 1. The number of aromatic nitrogens is 1. The van der Waals surface area contributed by atoms with Gasteiger partial charge in [-0.2, -0.15) is 0 Å². The molecule has 0 aromatic carbocycles. The average Bonchev–Trinajstić information content (AvgIpc) is 2.49. The Morgan fingerprint density at radius 3 is 2.50 bits per heavy atom. The molecule has 1 aliphatic rings. The summed E-state index contributed by atoms with van der Waals surface area (Å²) in [5.74, 6) is 0.265. The lowest BCUT2D eigenvalue weighted by Crippen LogP contribution is -2.20. The van der Waals surface area contributed by atoms with Gasteiger partial charge in [0, 0.05) is 6.04 Å². The van der Waals surface area contributed by atoms with E-state index in [2.05, 4.69) is 0 Å². The van der Waals surface area contributed by atoms with Crippen LogP contribution in [-0.4, -0.2) is 20.9 Å². The van der Waals surface area contributed by atoms with Gasteiger partial charge in [0.25, 0.3) is 0 Å². The van der Waals surface area contributed by atoms with Crippen LogP contribution in [0.15, 0.2) is 5.38 Å². The number of aliphatic hydroxyl groups is 1. The van der Waals surface area contributed by atoms with Crippen molar-refractivity contribution < 1.29 is 10.2 Å². The molecular formula is C9H13NO2S2. The zero-order valence-corrected chi connectivity index (χ0v) is 9.35. The molecule has 1 fully saturated rings. The van der Waals surface area contributed by atoms with Crippen molar-refractivity contribution >= 4 is 23.6 Å². The van der Waals surface area contributed by atoms with E-state index >= 15 is 0 Å². The fourth-order valence-corrected chi connectivity index (χ4v) is 3.03. The van der Waals surface area contributed by atoms with Gasteiger partial charge in [-0.15, -0.1) is 11.3 Å². The Morgan fingerprint density at radius 1 is 1.36 bits per heavy atom. The topological polar surface area (TPSA) is 45.4 Å². The van der Waals surface area contributed by atoms with Crippen molar-refractivity contribution in [2.75, 3.05) is 0 Å². The van der Waals surface area contributed by atoms with Gasteiger partial charge in [-0.1, -0.05) is 0 Å². The predicted octanol–water partition coefficient (Wildman–Crippen LogP) is 2.46. The molecule has 0 bridgehead atoms. The number of nitrogens with zero attached hydrogens (tertiary/aromatic N) is 1. The fourth-order valence-electron chi connectivity index (χ4n) is 1.96. The van der Waals surface area contributed by atoms with Gasteiger partial charge in [0.05, 0.1) is 11.5 Å². The summed E-state index contributed by atoms with van der Waals surface area (Å²) in [6, 6.07) is 0.275. The van der Waals surface area contributed by atoms with E-state index in [1.807, 2.05) is 4.57 Å². The van der Waals surface area contributed by atoms with Gasteiger partial charge in [-0.05, 0) is 37.9 Å². The SMILES string of the molecule is Oc1csc(=S)n1C1CCC(O)CC1. The van der Waals surface area contributed by atoms with Crippen LogP contribution in [0, 0.1) is 3.95 Å². The Kier molecular flexibility index (Phi) is 2.90. The van der Waals surface area contributed by atoms with Crippen LogP contribution in [0.1, 0.15) is 31.7 Å². The molecule has 78 valence electrons. The highest BCUT2D eigenvalue weighted by Gasteiger charge is 2.22. The van der Waals surface area contributed by atoms with Crippen LogP contribution in [0.4, 0.5) is 0 Å². The number of hydrogen-bond donors (Lipinski definition) is 2. The van der Waals surface area contributed by atoms with Gasteiger partial charge in [0.1, 0.15) is 0 Å². The van der Waals surface area contributed by atoms with E-state index in [0.29, 0.717) is 0 Å². The van der Waals surface area contributed by atoms with Gasteiger partial charge in [-0.3, -0.25) is 4.57 Å². The second kappa shape index (κ2) is 4.00. The third-order valence-corrected chi connectivity index (χ3v) is 3.95. The van der Waals surface area contributed by atoms with E-state index < -0.39 is 0 Å². The van der Waals surface area contributed by atoms with Gasteiger partial charge >= 0.3 is 0 Å². The smallest absolute Gasteiger partial charge is 0.203 e. The van der Waals surface area contributed by atoms with E-state index in [1.165, 1.54) is 11.3 Å². The van der Waals surface area contributed by atoms with Crippen molar-refractivity contribution in [3.8, 4) is 5.88 Å². The molecule has 14 heavy (non-hydrogen) atoms. The summed E-state index contributed by atoms with van der Waals surface area (Å²) in [5.41, 5.74) is 0. The monoisotopic (exact) mass is 231 g/mol. The van der Waals surface area contributed by atoms with Crippen LogP contribution in [0.5, 0.6) is 5.88 Å². The average molecular weight is 231 g/mol. The van der Waals surface area contributed by atoms with Crippen molar-refractivity contribution in [3.63, 3.8) is 0 Å². The highest BCUT2D eigenvalue weighted by molar-refractivity contribution is 7.73. The quantitative estimate of drug-likeness (QED) is 0.730. The summed E-state index contributed by atoms with van der Waals surface area (Å²) < 4.78 is 2.54. The highest BCUT2D eigenvalue weighted by atomic mass is 32.1. The predicted molar refractivity (Wildman–Crippen MR) is 58.3 cm³/mol. The maximum atomic E-state index is 9.59. The van der Waals surface area contributed by atoms with Gasteiger partial charge in [-0.25, -0.2) is 0 Å². The van der Waals surface area contributed by atoms with Crippen molar-refractivity contribution in [2.45, 2.75) is 37.8 Å². The minimum Gasteiger partial charge on any atom is -0.494 e. The molecule has 1 heterocycles. The molecule has 0 radical (unpaired) electrons. The Morgan fingerprint density at radius 2 is 2.00 bits per heavy atom. The molecule has 0 unspecified atom stereocenters. The summed E-state index contributed by atoms with van der Waals surface area (Å²) in [7, 11) is 0. The summed E-state index contributed by atoms with van der Waals surface area (Å²) in [4.78, 5) is 0. The van der Waals surface area contributed by atoms with Gasteiger partial charge in [0.15, 0.2) is 3.95 Å². The summed E-state index contributed by atoms with van der Waals surface area (Å²) in [5, 5.41) is 20.6. The molecule has 3 nitrogen and oxygen atoms in total. The van der Waals surface area contributed by atoms with E-state index in [0.717, 1.165) is 29.6 Å². The standard InChI is InChI=1S/C9H13NO2S2/c11-7-3-1-6(2-4-7)10-8(12)5-14-9(10)13/h5-7,11-12H,1-4H2. The first-order valence-electron chi connectivity index (χ1n) is 4.75. The molecule has 0 amide bonds. The first kappa shape index (κ1) is 10.1. The Labute approximate surface area is 91.6 Å². The normalized spacial score (nSPS) is 27.8. The van der Waals surface area contributed by atoms with Crippen LogP contribution in [-0.2, 0) is 0 Å². The second-order valence-corrected chi connectivity index (χ2v) is 5.20. The third kappa shape index (κ3) is 1.85. The first-order chi connectivity index (χ1) is 6.68. The van der Waals surface area contributed by atoms with Crippen LogP contribution < -0.4 is 0 Å². The second-order valence-electron chi connectivity index (χ2n) is 3.69. The molecule has 0 saturated heterocycles. The van der Waals surface area contributed by atoms with Gasteiger partial charge in [0.2, 0.25) is 5.88 Å². The Bertz CT molecular complexity index is 363. The lowest BCUT2D eigenvalue weighted by atomic mass is 9.93. The molecule has 1 aromatic heterocycles. The van der Waals surface area contributed by atoms with Crippen molar-refractivity contribution in [1.82, 2.24) is 4.57 Å². The molecule has 5 heteroatoms. The van der Waals surface area contributed by atoms with Crippen molar-refractivity contribution in [2.24, 2.45) is 0 Å². The zero-order valence-electron chi connectivity index (χ0n) is 7.72. The lowest BCUT2D eigenvalue weighted by molar-refractivity contribution is 0.108. The Hall–Kier alpha value is -0.390. The van der Waals surface area contributed by atoms with E-state index in [-0.39, 0.29) is 18.0 Å². The largest absolute Gasteiger partial charge is 0.494 e. The molecule has 1 aliphatic carbocycles. The lowest BCUT2D eigenvalue weighted by Gasteiger charge is -2.26. The number of rotatable bonds is 1. The molecule has 2 rings (SSSR count). The van der Waals surface area contributed by atoms with Gasteiger partial charge < -0.3 is 10.2 Å². The maximum Gasteiger partial charge on any atom is 0.203 e. The molecular weight excluding hydrogens is 218 g/mol. The van der Waals surface area contributed by atoms with Crippen LogP contribution in [0.3, 0.4) is 0 Å². The molecule has 0 atom stereocenters. The van der Waals surface area contributed by atoms with Crippen LogP contribution >= 0.6 is 23.6 Å². The van der Waals surface area contributed by atoms with Crippen LogP contribution in [0.25, 0.3) is 0 Å². The summed E-state index contributed by atoms with van der Waals surface area (Å²) >= 11 is 6.53. The third-order valence-electron chi connectivity index (χ3n) is 2.74. The molecule has 2 N–H and O–H groups in total. The number of hydrogen-bond acceptors (Lipinski definition) is 4. The number of aromatic hydroxyl groups is 1. The highest BCUT2D eigenvalue weighted by Crippen LogP contribution is 2.33. The summed E-state index contributed by atoms with van der Waals surface area (Å²) in [6.45, 7) is 0. The number of aliphatic hydroxyl groups excluding tert-OH is 1. The molecule has 0 aliphatic heterocycles. The maximum absolute atomic E-state index is 9.59. The fraction of sp³-hybridized carbons (Fsp3) is 0.667. The summed E-state index contributed by atoms with van der Waals surface area (Å²) in [6.07, 6.45) is 3.25.